The van der Waals surface area contributed by atoms with Gasteiger partial charge in [-0.25, -0.2) is 8.78 Å². The van der Waals surface area contributed by atoms with Crippen molar-refractivity contribution in [3.8, 4) is 11.3 Å². The van der Waals surface area contributed by atoms with Gasteiger partial charge in [-0.15, -0.1) is 0 Å². The standard InChI is InChI=1S/C20H19F2N3O/c21-16-6-4-14(5-7-16)19-11-18(26-24-19)13-25-9-8-23-12-20(25)15-2-1-3-17(22)10-15/h1-7,10-11,20,23H,8-9,12-13H2. The summed E-state index contributed by atoms with van der Waals surface area (Å²) in [5.74, 6) is 0.218. The van der Waals surface area contributed by atoms with Crippen molar-refractivity contribution < 1.29 is 13.3 Å². The molecule has 1 N–H and O–H groups in total. The second kappa shape index (κ2) is 7.35. The van der Waals surface area contributed by atoms with Gasteiger partial charge in [-0.05, 0) is 42.0 Å². The summed E-state index contributed by atoms with van der Waals surface area (Å²) in [6.45, 7) is 3.03. The van der Waals surface area contributed by atoms with Gasteiger partial charge in [0.15, 0.2) is 5.76 Å². The molecule has 0 radical (unpaired) electrons. The highest BCUT2D eigenvalue weighted by Gasteiger charge is 2.25. The average molecular weight is 355 g/mol. The molecule has 1 aliphatic rings. The van der Waals surface area contributed by atoms with Crippen molar-refractivity contribution >= 4 is 0 Å². The number of aromatic nitrogens is 1. The lowest BCUT2D eigenvalue weighted by atomic mass is 10.0. The first-order valence-corrected chi connectivity index (χ1v) is 8.61. The molecule has 6 heteroatoms. The van der Waals surface area contributed by atoms with Crippen molar-refractivity contribution in [1.29, 1.82) is 0 Å². The minimum atomic E-state index is -0.281. The summed E-state index contributed by atoms with van der Waals surface area (Å²) in [4.78, 5) is 2.25. The Morgan fingerprint density at radius 1 is 1.08 bits per heavy atom. The van der Waals surface area contributed by atoms with Crippen LogP contribution in [0.4, 0.5) is 8.78 Å². The van der Waals surface area contributed by atoms with E-state index in [9.17, 15) is 8.78 Å². The normalized spacial score (nSPS) is 18.2. The van der Waals surface area contributed by atoms with E-state index in [0.29, 0.717) is 12.2 Å². The maximum Gasteiger partial charge on any atom is 0.151 e. The molecule has 0 bridgehead atoms. The van der Waals surface area contributed by atoms with Gasteiger partial charge in [-0.3, -0.25) is 4.90 Å². The van der Waals surface area contributed by atoms with Crippen LogP contribution in [0.3, 0.4) is 0 Å². The lowest BCUT2D eigenvalue weighted by molar-refractivity contribution is 0.138. The van der Waals surface area contributed by atoms with Crippen molar-refractivity contribution in [2.45, 2.75) is 12.6 Å². The van der Waals surface area contributed by atoms with Gasteiger partial charge in [0.05, 0.1) is 6.54 Å². The first-order valence-electron chi connectivity index (χ1n) is 8.61. The number of rotatable bonds is 4. The minimum absolute atomic E-state index is 0.0684. The van der Waals surface area contributed by atoms with Gasteiger partial charge in [-0.2, -0.15) is 0 Å². The number of hydrogen-bond acceptors (Lipinski definition) is 4. The molecule has 1 fully saturated rings. The lowest BCUT2D eigenvalue weighted by Crippen LogP contribution is -2.45. The van der Waals surface area contributed by atoms with Crippen LogP contribution < -0.4 is 5.32 Å². The quantitative estimate of drug-likeness (QED) is 0.774. The summed E-state index contributed by atoms with van der Waals surface area (Å²) in [5.41, 5.74) is 2.43. The number of piperazine rings is 1. The Morgan fingerprint density at radius 3 is 2.73 bits per heavy atom. The Bertz CT molecular complexity index is 879. The third-order valence-electron chi connectivity index (χ3n) is 4.65. The minimum Gasteiger partial charge on any atom is -0.359 e. The monoisotopic (exact) mass is 355 g/mol. The second-order valence-electron chi connectivity index (χ2n) is 6.43. The van der Waals surface area contributed by atoms with E-state index in [1.165, 1.54) is 18.2 Å². The van der Waals surface area contributed by atoms with Gasteiger partial charge in [0.2, 0.25) is 0 Å². The van der Waals surface area contributed by atoms with Gasteiger partial charge in [0, 0.05) is 37.3 Å². The van der Waals surface area contributed by atoms with Gasteiger partial charge >= 0.3 is 0 Å². The highest BCUT2D eigenvalue weighted by Crippen LogP contribution is 2.26. The Balaban J connectivity index is 1.52. The number of halogens is 2. The molecular weight excluding hydrogens is 336 g/mol. The van der Waals surface area contributed by atoms with Gasteiger partial charge < -0.3 is 9.84 Å². The largest absolute Gasteiger partial charge is 0.359 e. The van der Waals surface area contributed by atoms with Crippen LogP contribution in [0.5, 0.6) is 0 Å². The van der Waals surface area contributed by atoms with E-state index >= 15 is 0 Å². The van der Waals surface area contributed by atoms with Crippen molar-refractivity contribution in [3.63, 3.8) is 0 Å². The zero-order chi connectivity index (χ0) is 17.9. The molecule has 134 valence electrons. The van der Waals surface area contributed by atoms with Crippen molar-refractivity contribution in [3.05, 3.63) is 77.6 Å². The van der Waals surface area contributed by atoms with Crippen molar-refractivity contribution in [2.24, 2.45) is 0 Å². The van der Waals surface area contributed by atoms with Crippen LogP contribution in [-0.4, -0.2) is 29.7 Å². The summed E-state index contributed by atoms with van der Waals surface area (Å²) < 4.78 is 32.1. The van der Waals surface area contributed by atoms with Crippen molar-refractivity contribution in [1.82, 2.24) is 15.4 Å². The van der Waals surface area contributed by atoms with E-state index in [2.05, 4.69) is 15.4 Å². The average Bonchev–Trinajstić information content (AvgIpc) is 3.11. The molecule has 1 unspecified atom stereocenters. The molecule has 0 saturated carbocycles. The Hall–Kier alpha value is -2.57. The maximum atomic E-state index is 13.6. The predicted octanol–water partition coefficient (Wildman–Crippen LogP) is 3.77. The molecule has 4 nitrogen and oxygen atoms in total. The molecule has 2 heterocycles. The predicted molar refractivity (Wildman–Crippen MR) is 94.3 cm³/mol. The summed E-state index contributed by atoms with van der Waals surface area (Å²) >= 11 is 0. The van der Waals surface area contributed by atoms with Crippen LogP contribution in [-0.2, 0) is 6.54 Å². The third kappa shape index (κ3) is 3.66. The number of benzene rings is 2. The number of hydrogen-bond donors (Lipinski definition) is 1. The molecule has 1 aliphatic heterocycles. The molecule has 0 amide bonds. The van der Waals surface area contributed by atoms with Gasteiger partial charge in [-0.1, -0.05) is 17.3 Å². The fraction of sp³-hybridized carbons (Fsp3) is 0.250. The number of nitrogens with zero attached hydrogens (tertiary/aromatic N) is 2. The summed E-state index contributed by atoms with van der Waals surface area (Å²) in [6, 6.07) is 14.8. The van der Waals surface area contributed by atoms with Crippen LogP contribution >= 0.6 is 0 Å². The Morgan fingerprint density at radius 2 is 1.92 bits per heavy atom. The molecule has 3 aromatic rings. The molecule has 2 aromatic carbocycles. The van der Waals surface area contributed by atoms with Crippen LogP contribution in [0.25, 0.3) is 11.3 Å². The fourth-order valence-electron chi connectivity index (χ4n) is 3.32. The molecule has 4 rings (SSSR count). The van der Waals surface area contributed by atoms with E-state index in [0.717, 1.165) is 36.5 Å². The zero-order valence-corrected chi connectivity index (χ0v) is 14.2. The van der Waals surface area contributed by atoms with Crippen LogP contribution in [0.15, 0.2) is 59.1 Å². The van der Waals surface area contributed by atoms with Crippen LogP contribution in [0, 0.1) is 11.6 Å². The highest BCUT2D eigenvalue weighted by molar-refractivity contribution is 5.58. The van der Waals surface area contributed by atoms with Crippen molar-refractivity contribution in [2.75, 3.05) is 19.6 Å². The topological polar surface area (TPSA) is 41.3 Å². The number of nitrogens with one attached hydrogen (secondary N) is 1. The first kappa shape index (κ1) is 16.9. The van der Waals surface area contributed by atoms with E-state index in [4.69, 9.17) is 4.52 Å². The zero-order valence-electron chi connectivity index (χ0n) is 14.2. The van der Waals surface area contributed by atoms with E-state index < -0.39 is 0 Å². The van der Waals surface area contributed by atoms with E-state index in [1.54, 1.807) is 24.3 Å². The summed E-state index contributed by atoms with van der Waals surface area (Å²) in [6.07, 6.45) is 0. The van der Waals surface area contributed by atoms with E-state index in [1.807, 2.05) is 12.1 Å². The Labute approximate surface area is 150 Å². The Kier molecular flexibility index (Phi) is 4.77. The molecular formula is C20H19F2N3O. The molecule has 0 aliphatic carbocycles. The third-order valence-corrected chi connectivity index (χ3v) is 4.65. The van der Waals surface area contributed by atoms with E-state index in [-0.39, 0.29) is 17.7 Å². The summed E-state index contributed by atoms with van der Waals surface area (Å²) in [7, 11) is 0. The summed E-state index contributed by atoms with van der Waals surface area (Å²) in [5, 5.41) is 7.45. The van der Waals surface area contributed by atoms with Crippen LogP contribution in [0.1, 0.15) is 17.4 Å². The lowest BCUT2D eigenvalue weighted by Gasteiger charge is -2.35. The van der Waals surface area contributed by atoms with Gasteiger partial charge in [0.1, 0.15) is 17.3 Å². The SMILES string of the molecule is Fc1ccc(-c2cc(CN3CCNCC3c3cccc(F)c3)on2)cc1. The highest BCUT2D eigenvalue weighted by atomic mass is 19.1. The molecule has 0 spiro atoms. The van der Waals surface area contributed by atoms with Gasteiger partial charge in [0.25, 0.3) is 0 Å². The maximum absolute atomic E-state index is 13.6. The second-order valence-corrected chi connectivity index (χ2v) is 6.43. The smallest absolute Gasteiger partial charge is 0.151 e. The fourth-order valence-corrected chi connectivity index (χ4v) is 3.32. The molecule has 1 atom stereocenters. The first-order chi connectivity index (χ1) is 12.7. The molecule has 1 saturated heterocycles. The molecule has 1 aromatic heterocycles. The van der Waals surface area contributed by atoms with Crippen LogP contribution in [0.2, 0.25) is 0 Å². The molecule has 26 heavy (non-hydrogen) atoms.